The Balaban J connectivity index is 0.00000616. The number of aromatic nitrogens is 1. The van der Waals surface area contributed by atoms with Crippen LogP contribution in [0.15, 0.2) is 34.8 Å². The number of benzene rings is 1. The van der Waals surface area contributed by atoms with Crippen LogP contribution in [-0.2, 0) is 50.4 Å². The van der Waals surface area contributed by atoms with Gasteiger partial charge in [0.2, 0.25) is 0 Å². The average molecular weight is 637 g/mol. The van der Waals surface area contributed by atoms with E-state index in [0.29, 0.717) is 5.56 Å². The Morgan fingerprint density at radius 1 is 1.29 bits per heavy atom. The van der Waals surface area contributed by atoms with Crippen molar-refractivity contribution in [3.05, 3.63) is 51.0 Å². The van der Waals surface area contributed by atoms with E-state index in [9.17, 15) is 42.3 Å². The summed E-state index contributed by atoms with van der Waals surface area (Å²) in [5.41, 5.74) is 5.31. The molecule has 1 fully saturated rings. The van der Waals surface area contributed by atoms with Crippen LogP contribution in [0.5, 0.6) is 0 Å². The van der Waals surface area contributed by atoms with Gasteiger partial charge in [0.1, 0.15) is 24.4 Å². The fourth-order valence-electron chi connectivity index (χ4n) is 3.37. The summed E-state index contributed by atoms with van der Waals surface area (Å²) in [6, 6.07) is 1.61. The first-order valence-electron chi connectivity index (χ1n) is 11.2. The van der Waals surface area contributed by atoms with Gasteiger partial charge in [0, 0.05) is 17.5 Å². The monoisotopic (exact) mass is 636 g/mol. The zero-order chi connectivity index (χ0) is 30.5. The SMILES string of the molecule is COC(=O)[C@H]1[C@@H](NC(=O)C(=NOC(C)CC(=O)OCc2ccc([N+](=O)[O-])cc2)c2csc(N)n2)C(=O)N1S(=O)(=O)[O-].[Na+]. The molecule has 1 aliphatic heterocycles. The van der Waals surface area contributed by atoms with Gasteiger partial charge in [-0.15, -0.1) is 11.3 Å². The largest absolute Gasteiger partial charge is 1.00 e. The number of carbonyl (C=O) groups excluding carboxylic acids is 4. The summed E-state index contributed by atoms with van der Waals surface area (Å²) in [7, 11) is -4.50. The van der Waals surface area contributed by atoms with Gasteiger partial charge in [-0.2, -0.15) is 0 Å². The second-order valence-corrected chi connectivity index (χ2v) is 10.4. The zero-order valence-corrected chi connectivity index (χ0v) is 25.7. The first-order chi connectivity index (χ1) is 19.2. The van der Waals surface area contributed by atoms with Gasteiger partial charge in [-0.25, -0.2) is 22.5 Å². The number of oxime groups is 1. The number of esters is 2. The van der Waals surface area contributed by atoms with Gasteiger partial charge < -0.3 is 29.9 Å². The van der Waals surface area contributed by atoms with E-state index in [1.54, 1.807) is 0 Å². The molecule has 1 unspecified atom stereocenters. The maximum atomic E-state index is 13.0. The summed E-state index contributed by atoms with van der Waals surface area (Å²) in [6.07, 6.45) is -1.31. The molecule has 2 amide bonds. The van der Waals surface area contributed by atoms with Gasteiger partial charge in [0.05, 0.1) is 18.5 Å². The number of carbonyl (C=O) groups is 4. The molecule has 0 radical (unpaired) electrons. The average Bonchev–Trinajstić information content (AvgIpc) is 3.33. The van der Waals surface area contributed by atoms with Crippen molar-refractivity contribution in [1.82, 2.24) is 14.6 Å². The predicted molar refractivity (Wildman–Crippen MR) is 135 cm³/mol. The maximum Gasteiger partial charge on any atom is 1.00 e. The van der Waals surface area contributed by atoms with Gasteiger partial charge in [-0.3, -0.25) is 24.5 Å². The third kappa shape index (κ3) is 8.42. The molecule has 21 heteroatoms. The van der Waals surface area contributed by atoms with Gasteiger partial charge >= 0.3 is 41.5 Å². The van der Waals surface area contributed by atoms with E-state index in [1.165, 1.54) is 36.6 Å². The van der Waals surface area contributed by atoms with E-state index in [2.05, 4.69) is 20.2 Å². The third-order valence-corrected chi connectivity index (χ3v) is 6.89. The molecule has 3 N–H and O–H groups in total. The Morgan fingerprint density at radius 3 is 2.45 bits per heavy atom. The molecular formula is C21H21N6NaO12S2. The van der Waals surface area contributed by atoms with Crippen LogP contribution in [0.25, 0.3) is 0 Å². The number of nitro groups is 1. The van der Waals surface area contributed by atoms with Gasteiger partial charge in [-0.05, 0) is 24.6 Å². The number of nitrogens with zero attached hydrogens (tertiary/aromatic N) is 4. The molecule has 2 heterocycles. The normalized spacial score (nSPS) is 17.3. The molecule has 0 aliphatic carbocycles. The summed E-state index contributed by atoms with van der Waals surface area (Å²) in [5.74, 6) is -4.54. The number of amides is 2. The van der Waals surface area contributed by atoms with Crippen LogP contribution >= 0.6 is 11.3 Å². The maximum absolute atomic E-state index is 13.0. The van der Waals surface area contributed by atoms with E-state index < -0.39 is 62.9 Å². The Hall–Kier alpha value is -3.69. The smallest absolute Gasteiger partial charge is 0.731 e. The molecule has 0 bridgehead atoms. The van der Waals surface area contributed by atoms with Crippen LogP contribution < -0.4 is 40.6 Å². The summed E-state index contributed by atoms with van der Waals surface area (Å²) in [5, 5.41) is 17.9. The molecule has 0 spiro atoms. The zero-order valence-electron chi connectivity index (χ0n) is 22.1. The fourth-order valence-corrected chi connectivity index (χ4v) is 4.73. The van der Waals surface area contributed by atoms with E-state index in [4.69, 9.17) is 15.3 Å². The van der Waals surface area contributed by atoms with Crippen LogP contribution in [0.1, 0.15) is 24.6 Å². The van der Waals surface area contributed by atoms with Crippen molar-refractivity contribution in [3.8, 4) is 0 Å². The minimum absolute atomic E-state index is 0. The van der Waals surface area contributed by atoms with Crippen LogP contribution in [0.3, 0.4) is 0 Å². The number of ether oxygens (including phenoxy) is 2. The second-order valence-electron chi connectivity index (χ2n) is 8.23. The Bertz CT molecular complexity index is 1500. The molecule has 220 valence electrons. The Labute approximate surface area is 263 Å². The van der Waals surface area contributed by atoms with Crippen molar-refractivity contribution < 1.29 is 80.9 Å². The molecule has 1 aromatic heterocycles. The number of nitro benzene ring substituents is 1. The number of thiazole rings is 1. The number of nitrogens with one attached hydrogen (secondary N) is 1. The Morgan fingerprint density at radius 2 is 1.93 bits per heavy atom. The van der Waals surface area contributed by atoms with E-state index in [1.807, 2.05) is 0 Å². The molecule has 1 aliphatic rings. The quantitative estimate of drug-likeness (QED) is 0.0431. The van der Waals surface area contributed by atoms with Crippen LogP contribution in [0, 0.1) is 10.1 Å². The van der Waals surface area contributed by atoms with Crippen LogP contribution in [0.2, 0.25) is 0 Å². The van der Waals surface area contributed by atoms with E-state index >= 15 is 0 Å². The number of nitrogen functional groups attached to an aromatic ring is 1. The standard InChI is InChI=1S/C21H22N6O12S2.Na/c1-10(7-14(28)38-8-11-3-5-12(6-4-11)27(32)33)39-25-15(13-9-40-21(22)23-13)18(29)24-16-17(20(31)37-2)26(19(16)30)41(34,35)36;/h3-6,9-10,16-17H,7-8H2,1-2H3,(H2,22,23)(H,24,29)(H,34,35,36);/q;+1/p-1/t10?,16-,17-;/m1./s1. The predicted octanol–water partition coefficient (Wildman–Crippen LogP) is -3.79. The fraction of sp³-hybridized carbons (Fsp3) is 0.333. The topological polar surface area (TPSA) is 263 Å². The number of rotatable bonds is 12. The van der Waals surface area contributed by atoms with Gasteiger partial charge in [0.15, 0.2) is 27.2 Å². The van der Waals surface area contributed by atoms with Crippen LogP contribution in [0.4, 0.5) is 10.8 Å². The van der Waals surface area contributed by atoms with Gasteiger partial charge in [-0.1, -0.05) is 5.16 Å². The number of non-ortho nitro benzene ring substituents is 1. The number of hydrogen-bond acceptors (Lipinski definition) is 16. The number of β-lactam (4-membered cyclic amide) rings is 1. The first-order valence-corrected chi connectivity index (χ1v) is 13.5. The van der Waals surface area contributed by atoms with Crippen molar-refractivity contribution in [2.45, 2.75) is 38.1 Å². The van der Waals surface area contributed by atoms with Crippen molar-refractivity contribution in [2.24, 2.45) is 5.16 Å². The summed E-state index contributed by atoms with van der Waals surface area (Å²) >= 11 is 0.923. The number of nitrogens with two attached hydrogens (primary N) is 1. The molecular weight excluding hydrogens is 615 g/mol. The molecule has 0 saturated carbocycles. The second kappa shape index (κ2) is 14.5. The van der Waals surface area contributed by atoms with Crippen molar-refractivity contribution in [1.29, 1.82) is 0 Å². The Kier molecular flexibility index (Phi) is 11.9. The summed E-state index contributed by atoms with van der Waals surface area (Å²) < 4.78 is 43.4. The summed E-state index contributed by atoms with van der Waals surface area (Å²) in [6.45, 7) is 1.24. The van der Waals surface area contributed by atoms with E-state index in [0.717, 1.165) is 18.4 Å². The minimum atomic E-state index is -5.39. The van der Waals surface area contributed by atoms with E-state index in [-0.39, 0.29) is 63.4 Å². The van der Waals surface area contributed by atoms with Crippen molar-refractivity contribution >= 4 is 61.9 Å². The number of anilines is 1. The molecule has 3 atom stereocenters. The number of methoxy groups -OCH3 is 1. The molecule has 3 rings (SSSR count). The molecule has 18 nitrogen and oxygen atoms in total. The van der Waals surface area contributed by atoms with Crippen molar-refractivity contribution in [2.75, 3.05) is 12.8 Å². The van der Waals surface area contributed by atoms with Gasteiger partial charge in [0.25, 0.3) is 17.5 Å². The minimum Gasteiger partial charge on any atom is -0.731 e. The van der Waals surface area contributed by atoms with Crippen LogP contribution in [-0.4, -0.2) is 81.9 Å². The molecule has 1 saturated heterocycles. The van der Waals surface area contributed by atoms with Crippen molar-refractivity contribution in [3.63, 3.8) is 0 Å². The molecule has 42 heavy (non-hydrogen) atoms. The summed E-state index contributed by atoms with van der Waals surface area (Å²) in [4.78, 5) is 68.8. The number of hydrogen-bond donors (Lipinski definition) is 2. The molecule has 1 aromatic carbocycles. The molecule has 2 aromatic rings. The first kappa shape index (κ1) is 34.5. The third-order valence-electron chi connectivity index (χ3n) is 5.33.